The highest BCUT2D eigenvalue weighted by molar-refractivity contribution is 6.34. The van der Waals surface area contributed by atoms with Crippen molar-refractivity contribution in [2.45, 2.75) is 12.0 Å². The van der Waals surface area contributed by atoms with E-state index in [0.29, 0.717) is 18.7 Å². The summed E-state index contributed by atoms with van der Waals surface area (Å²) in [7, 11) is 0. The molecule has 6 nitrogen and oxygen atoms in total. The molecule has 1 unspecified atom stereocenters. The smallest absolute Gasteiger partial charge is 0.325 e. The first-order valence-corrected chi connectivity index (χ1v) is 6.08. The van der Waals surface area contributed by atoms with Gasteiger partial charge in [-0.1, -0.05) is 17.7 Å². The van der Waals surface area contributed by atoms with Gasteiger partial charge in [-0.2, -0.15) is 0 Å². The Morgan fingerprint density at radius 1 is 1.42 bits per heavy atom. The Labute approximate surface area is 114 Å². The number of nitrogens with two attached hydrogens (primary N) is 2. The summed E-state index contributed by atoms with van der Waals surface area (Å²) in [6.45, 7) is 0.548. The van der Waals surface area contributed by atoms with E-state index in [-0.39, 0.29) is 17.1 Å². The Morgan fingerprint density at radius 3 is 2.63 bits per heavy atom. The van der Waals surface area contributed by atoms with Crippen LogP contribution in [0.2, 0.25) is 5.02 Å². The number of rotatable bonds is 3. The topological polar surface area (TPSA) is 110 Å². The van der Waals surface area contributed by atoms with Gasteiger partial charge in [-0.3, -0.25) is 9.59 Å². The summed E-state index contributed by atoms with van der Waals surface area (Å²) >= 11 is 5.96. The molecule has 0 spiro atoms. The molecule has 7 heteroatoms. The first kappa shape index (κ1) is 13.6. The average molecular weight is 284 g/mol. The molecular weight excluding hydrogens is 270 g/mol. The number of carboxylic acids is 1. The maximum atomic E-state index is 11.5. The van der Waals surface area contributed by atoms with E-state index in [2.05, 4.69) is 0 Å². The normalized spacial score (nSPS) is 22.5. The first-order valence-electron chi connectivity index (χ1n) is 5.71. The number of carbonyl (C=O) groups is 2. The van der Waals surface area contributed by atoms with Crippen LogP contribution in [0.4, 0.5) is 5.69 Å². The number of anilines is 1. The molecule has 102 valence electrons. The van der Waals surface area contributed by atoms with Crippen molar-refractivity contribution in [3.63, 3.8) is 0 Å². The molecule has 1 aromatic carbocycles. The molecule has 19 heavy (non-hydrogen) atoms. The number of benzene rings is 1. The quantitative estimate of drug-likeness (QED) is 0.745. The lowest BCUT2D eigenvalue weighted by molar-refractivity contribution is -0.142. The molecule has 1 aliphatic heterocycles. The molecule has 1 atom stereocenters. The minimum absolute atomic E-state index is 0.114. The van der Waals surface area contributed by atoms with Gasteiger partial charge in [-0.15, -0.1) is 0 Å². The number of hydrogen-bond acceptors (Lipinski definition) is 4. The second-order valence-corrected chi connectivity index (χ2v) is 5.04. The van der Waals surface area contributed by atoms with Crippen molar-refractivity contribution in [1.29, 1.82) is 0 Å². The molecule has 1 fully saturated rings. The Morgan fingerprint density at radius 2 is 2.11 bits per heavy atom. The lowest BCUT2D eigenvalue weighted by Crippen LogP contribution is -2.50. The summed E-state index contributed by atoms with van der Waals surface area (Å²) in [6.07, 6.45) is 0.299. The van der Waals surface area contributed by atoms with Gasteiger partial charge in [0.1, 0.15) is 5.54 Å². The van der Waals surface area contributed by atoms with Crippen molar-refractivity contribution < 1.29 is 14.7 Å². The molecule has 0 saturated carbocycles. The highest BCUT2D eigenvalue weighted by Gasteiger charge is 2.42. The summed E-state index contributed by atoms with van der Waals surface area (Å²) in [5, 5.41) is 9.35. The van der Waals surface area contributed by atoms with E-state index in [0.717, 1.165) is 0 Å². The van der Waals surface area contributed by atoms with Gasteiger partial charge in [-0.05, 0) is 18.6 Å². The van der Waals surface area contributed by atoms with Gasteiger partial charge in [0.25, 0.3) is 5.91 Å². The summed E-state index contributed by atoms with van der Waals surface area (Å²) in [5.41, 5.74) is 10.5. The Bertz CT molecular complexity index is 549. The molecule has 0 aromatic heterocycles. The molecular formula is C12H14ClN3O3. The van der Waals surface area contributed by atoms with E-state index < -0.39 is 17.4 Å². The molecule has 2 rings (SSSR count). The molecule has 1 saturated heterocycles. The maximum absolute atomic E-state index is 11.5. The number of hydrogen-bond donors (Lipinski definition) is 3. The van der Waals surface area contributed by atoms with Crippen LogP contribution in [0.15, 0.2) is 18.2 Å². The summed E-state index contributed by atoms with van der Waals surface area (Å²) in [4.78, 5) is 24.3. The Hall–Kier alpha value is -1.79. The van der Waals surface area contributed by atoms with Crippen molar-refractivity contribution >= 4 is 29.2 Å². The second kappa shape index (κ2) is 4.71. The predicted octanol–water partition coefficient (Wildman–Crippen LogP) is 0.431. The number of primary amides is 1. The zero-order chi connectivity index (χ0) is 14.2. The monoisotopic (exact) mass is 283 g/mol. The van der Waals surface area contributed by atoms with Crippen molar-refractivity contribution in [3.05, 3.63) is 28.8 Å². The fourth-order valence-electron chi connectivity index (χ4n) is 2.23. The van der Waals surface area contributed by atoms with E-state index in [1.54, 1.807) is 23.1 Å². The Balaban J connectivity index is 2.37. The highest BCUT2D eigenvalue weighted by Crippen LogP contribution is 2.31. The van der Waals surface area contributed by atoms with E-state index in [1.165, 1.54) is 0 Å². The molecule has 1 amide bonds. The third-order valence-electron chi connectivity index (χ3n) is 3.31. The number of carbonyl (C=O) groups excluding carboxylic acids is 1. The van der Waals surface area contributed by atoms with Crippen LogP contribution in [-0.4, -0.2) is 35.6 Å². The third kappa shape index (κ3) is 2.36. The predicted molar refractivity (Wildman–Crippen MR) is 71.4 cm³/mol. The molecule has 0 radical (unpaired) electrons. The minimum Gasteiger partial charge on any atom is -0.480 e. The van der Waals surface area contributed by atoms with E-state index in [9.17, 15) is 9.59 Å². The van der Waals surface area contributed by atoms with Gasteiger partial charge in [-0.25, -0.2) is 0 Å². The van der Waals surface area contributed by atoms with E-state index >= 15 is 0 Å². The molecule has 0 bridgehead atoms. The lowest BCUT2D eigenvalue weighted by atomic mass is 10.0. The van der Waals surface area contributed by atoms with Gasteiger partial charge in [0.05, 0.1) is 16.3 Å². The van der Waals surface area contributed by atoms with Crippen molar-refractivity contribution in [2.75, 3.05) is 18.0 Å². The minimum atomic E-state index is -1.31. The van der Waals surface area contributed by atoms with E-state index in [1.807, 2.05) is 0 Å². The van der Waals surface area contributed by atoms with Gasteiger partial charge >= 0.3 is 5.97 Å². The van der Waals surface area contributed by atoms with Gasteiger partial charge in [0.15, 0.2) is 0 Å². The van der Waals surface area contributed by atoms with Gasteiger partial charge < -0.3 is 21.5 Å². The van der Waals surface area contributed by atoms with Crippen LogP contribution in [-0.2, 0) is 4.79 Å². The number of nitrogens with zero attached hydrogens (tertiary/aromatic N) is 1. The van der Waals surface area contributed by atoms with Crippen LogP contribution in [0.25, 0.3) is 0 Å². The largest absolute Gasteiger partial charge is 0.480 e. The zero-order valence-corrected chi connectivity index (χ0v) is 10.9. The van der Waals surface area contributed by atoms with Gasteiger partial charge in [0.2, 0.25) is 0 Å². The van der Waals surface area contributed by atoms with Gasteiger partial charge in [0, 0.05) is 13.1 Å². The Kier molecular flexibility index (Phi) is 3.38. The molecule has 1 aromatic rings. The second-order valence-electron chi connectivity index (χ2n) is 4.63. The number of amides is 1. The fraction of sp³-hybridized carbons (Fsp3) is 0.333. The molecule has 5 N–H and O–H groups in total. The fourth-order valence-corrected chi connectivity index (χ4v) is 2.50. The zero-order valence-electron chi connectivity index (χ0n) is 10.1. The number of carboxylic acid groups (broad SMARTS) is 1. The molecule has 0 aliphatic carbocycles. The van der Waals surface area contributed by atoms with Crippen molar-refractivity contribution in [1.82, 2.24) is 0 Å². The SMILES string of the molecule is NC(=O)c1c(Cl)cccc1N1CCC(N)(C(=O)O)C1. The summed E-state index contributed by atoms with van der Waals surface area (Å²) in [5.74, 6) is -1.71. The molecule has 1 heterocycles. The first-order chi connectivity index (χ1) is 8.85. The number of halogens is 1. The summed E-state index contributed by atoms with van der Waals surface area (Å²) < 4.78 is 0. The summed E-state index contributed by atoms with van der Waals surface area (Å²) in [6, 6.07) is 4.93. The van der Waals surface area contributed by atoms with Crippen LogP contribution in [0, 0.1) is 0 Å². The maximum Gasteiger partial charge on any atom is 0.325 e. The van der Waals surface area contributed by atoms with Crippen LogP contribution in [0.5, 0.6) is 0 Å². The van der Waals surface area contributed by atoms with Crippen LogP contribution in [0.1, 0.15) is 16.8 Å². The average Bonchev–Trinajstić information content (AvgIpc) is 2.72. The van der Waals surface area contributed by atoms with E-state index in [4.69, 9.17) is 28.2 Å². The third-order valence-corrected chi connectivity index (χ3v) is 3.62. The molecule has 1 aliphatic rings. The standard InChI is InChI=1S/C12H14ClN3O3/c13-7-2-1-3-8(9(7)10(14)17)16-5-4-12(15,6-16)11(18)19/h1-3H,4-6,15H2,(H2,14,17)(H,18,19). The highest BCUT2D eigenvalue weighted by atomic mass is 35.5. The lowest BCUT2D eigenvalue weighted by Gasteiger charge is -2.23. The van der Waals surface area contributed by atoms with Crippen LogP contribution < -0.4 is 16.4 Å². The number of aliphatic carboxylic acids is 1. The van der Waals surface area contributed by atoms with Crippen LogP contribution >= 0.6 is 11.6 Å². The van der Waals surface area contributed by atoms with Crippen molar-refractivity contribution in [2.24, 2.45) is 11.5 Å². The van der Waals surface area contributed by atoms with Crippen LogP contribution in [0.3, 0.4) is 0 Å². The van der Waals surface area contributed by atoms with Crippen molar-refractivity contribution in [3.8, 4) is 0 Å².